The Morgan fingerprint density at radius 3 is 2.55 bits per heavy atom. The van der Waals surface area contributed by atoms with E-state index in [-0.39, 0.29) is 11.5 Å². The van der Waals surface area contributed by atoms with Gasteiger partial charge in [0.1, 0.15) is 11.6 Å². The lowest BCUT2D eigenvalue weighted by molar-refractivity contribution is -0.118. The summed E-state index contributed by atoms with van der Waals surface area (Å²) in [4.78, 5) is 40.3. The highest BCUT2D eigenvalue weighted by atomic mass is 16.6. The standard InChI is InChI=1S/C21H27N3O5/c1-13(2)8-17(24-20(27)29-21(3,4)5)19(26)23-16-7-6-14(9-15(16)11-25)18-10-22-12-28-18/h6-7,9-13,17H,8H2,1-5H3,(H,23,26)(H,24,27)/t17-/m1/s1. The summed E-state index contributed by atoms with van der Waals surface area (Å²) in [5.41, 5.74) is 0.610. The lowest BCUT2D eigenvalue weighted by Gasteiger charge is -2.24. The molecule has 0 radical (unpaired) electrons. The topological polar surface area (TPSA) is 111 Å². The summed E-state index contributed by atoms with van der Waals surface area (Å²) in [7, 11) is 0. The zero-order valence-electron chi connectivity index (χ0n) is 17.3. The molecule has 0 spiro atoms. The summed E-state index contributed by atoms with van der Waals surface area (Å²) < 4.78 is 10.5. The molecule has 1 aromatic heterocycles. The van der Waals surface area contributed by atoms with E-state index in [1.165, 1.54) is 12.6 Å². The number of rotatable bonds is 7. The number of oxazole rings is 1. The Labute approximate surface area is 170 Å². The molecule has 2 amide bonds. The van der Waals surface area contributed by atoms with E-state index in [1.807, 2.05) is 13.8 Å². The van der Waals surface area contributed by atoms with Gasteiger partial charge in [0.15, 0.2) is 18.4 Å². The van der Waals surface area contributed by atoms with Crippen LogP contribution in [-0.2, 0) is 9.53 Å². The van der Waals surface area contributed by atoms with Gasteiger partial charge in [-0.1, -0.05) is 13.8 Å². The van der Waals surface area contributed by atoms with Crippen LogP contribution < -0.4 is 10.6 Å². The number of amides is 2. The minimum Gasteiger partial charge on any atom is -0.444 e. The Bertz CT molecular complexity index is 854. The van der Waals surface area contributed by atoms with E-state index in [4.69, 9.17) is 9.15 Å². The van der Waals surface area contributed by atoms with Gasteiger partial charge in [0.25, 0.3) is 0 Å². The van der Waals surface area contributed by atoms with Crippen LogP contribution in [0.15, 0.2) is 35.2 Å². The zero-order valence-corrected chi connectivity index (χ0v) is 17.3. The van der Waals surface area contributed by atoms with E-state index in [0.29, 0.717) is 29.7 Å². The molecule has 2 rings (SSSR count). The van der Waals surface area contributed by atoms with Gasteiger partial charge in [-0.2, -0.15) is 0 Å². The smallest absolute Gasteiger partial charge is 0.408 e. The summed E-state index contributed by atoms with van der Waals surface area (Å²) in [5, 5.41) is 5.33. The summed E-state index contributed by atoms with van der Waals surface area (Å²) in [6.45, 7) is 9.13. The second kappa shape index (κ2) is 9.36. The number of hydrogen-bond donors (Lipinski definition) is 2. The van der Waals surface area contributed by atoms with Crippen molar-refractivity contribution < 1.29 is 23.5 Å². The minimum atomic E-state index is -0.807. The van der Waals surface area contributed by atoms with E-state index >= 15 is 0 Å². The number of aromatic nitrogens is 1. The van der Waals surface area contributed by atoms with E-state index in [2.05, 4.69) is 15.6 Å². The lowest BCUT2D eigenvalue weighted by atomic mass is 10.0. The number of aldehydes is 1. The fourth-order valence-electron chi connectivity index (χ4n) is 2.66. The number of nitrogens with one attached hydrogen (secondary N) is 2. The second-order valence-electron chi connectivity index (χ2n) is 8.10. The normalized spacial score (nSPS) is 12.3. The third-order valence-electron chi connectivity index (χ3n) is 3.87. The SMILES string of the molecule is CC(C)C[C@@H](NC(=O)OC(C)(C)C)C(=O)Nc1ccc(-c2cnco2)cc1C=O. The average molecular weight is 401 g/mol. The van der Waals surface area contributed by atoms with Gasteiger partial charge in [-0.15, -0.1) is 0 Å². The van der Waals surface area contributed by atoms with Crippen molar-refractivity contribution in [2.45, 2.75) is 52.7 Å². The van der Waals surface area contributed by atoms with Crippen molar-refractivity contribution in [1.29, 1.82) is 0 Å². The van der Waals surface area contributed by atoms with Crippen molar-refractivity contribution in [2.75, 3.05) is 5.32 Å². The quantitative estimate of drug-likeness (QED) is 0.678. The fourth-order valence-corrected chi connectivity index (χ4v) is 2.66. The van der Waals surface area contributed by atoms with Gasteiger partial charge < -0.3 is 19.8 Å². The predicted octanol–water partition coefficient (Wildman–Crippen LogP) is 4.03. The van der Waals surface area contributed by atoms with Crippen LogP contribution in [0.3, 0.4) is 0 Å². The molecule has 0 aliphatic carbocycles. The Morgan fingerprint density at radius 2 is 2.00 bits per heavy atom. The van der Waals surface area contributed by atoms with Crippen molar-refractivity contribution in [3.63, 3.8) is 0 Å². The van der Waals surface area contributed by atoms with Gasteiger partial charge in [0.05, 0.1) is 11.9 Å². The summed E-state index contributed by atoms with van der Waals surface area (Å²) in [6.07, 6.45) is 3.22. The van der Waals surface area contributed by atoms with Crippen molar-refractivity contribution in [3.8, 4) is 11.3 Å². The third kappa shape index (κ3) is 6.74. The molecule has 0 saturated carbocycles. The number of carbonyl (C=O) groups is 3. The molecule has 1 heterocycles. The van der Waals surface area contributed by atoms with Gasteiger partial charge in [-0.3, -0.25) is 9.59 Å². The third-order valence-corrected chi connectivity index (χ3v) is 3.87. The van der Waals surface area contributed by atoms with Crippen molar-refractivity contribution in [1.82, 2.24) is 10.3 Å². The monoisotopic (exact) mass is 401 g/mol. The number of benzene rings is 1. The van der Waals surface area contributed by atoms with Crippen molar-refractivity contribution in [2.24, 2.45) is 5.92 Å². The van der Waals surface area contributed by atoms with E-state index in [9.17, 15) is 14.4 Å². The highest BCUT2D eigenvalue weighted by Crippen LogP contribution is 2.24. The van der Waals surface area contributed by atoms with Gasteiger partial charge in [-0.25, -0.2) is 9.78 Å². The van der Waals surface area contributed by atoms with E-state index < -0.39 is 23.6 Å². The van der Waals surface area contributed by atoms with Crippen LogP contribution >= 0.6 is 0 Å². The molecular formula is C21H27N3O5. The highest BCUT2D eigenvalue weighted by Gasteiger charge is 2.25. The molecule has 8 heteroatoms. The predicted molar refractivity (Wildman–Crippen MR) is 109 cm³/mol. The first kappa shape index (κ1) is 22.1. The van der Waals surface area contributed by atoms with Crippen LogP contribution in [0.5, 0.6) is 0 Å². The minimum absolute atomic E-state index is 0.153. The first-order valence-corrected chi connectivity index (χ1v) is 9.37. The van der Waals surface area contributed by atoms with Gasteiger partial charge in [0.2, 0.25) is 5.91 Å². The molecule has 29 heavy (non-hydrogen) atoms. The maximum absolute atomic E-state index is 12.8. The van der Waals surface area contributed by atoms with Gasteiger partial charge >= 0.3 is 6.09 Å². The molecule has 0 unspecified atom stereocenters. The van der Waals surface area contributed by atoms with Gasteiger partial charge in [-0.05, 0) is 51.3 Å². The van der Waals surface area contributed by atoms with Crippen LogP contribution in [0.2, 0.25) is 0 Å². The number of carbonyl (C=O) groups excluding carboxylic acids is 3. The lowest BCUT2D eigenvalue weighted by Crippen LogP contribution is -2.46. The first-order chi connectivity index (χ1) is 13.6. The molecule has 0 saturated heterocycles. The number of anilines is 1. The van der Waals surface area contributed by atoms with Crippen LogP contribution in [0.25, 0.3) is 11.3 Å². The molecule has 0 bridgehead atoms. The number of hydrogen-bond acceptors (Lipinski definition) is 6. The molecule has 2 aromatic rings. The maximum Gasteiger partial charge on any atom is 0.408 e. The molecule has 0 aliphatic heterocycles. The fraction of sp³-hybridized carbons (Fsp3) is 0.429. The second-order valence-corrected chi connectivity index (χ2v) is 8.10. The maximum atomic E-state index is 12.8. The Balaban J connectivity index is 2.17. The average Bonchev–Trinajstić information content (AvgIpc) is 3.14. The zero-order chi connectivity index (χ0) is 21.6. The Morgan fingerprint density at radius 1 is 1.28 bits per heavy atom. The number of ether oxygens (including phenoxy) is 1. The molecule has 1 atom stereocenters. The van der Waals surface area contributed by atoms with Crippen LogP contribution in [0.4, 0.5) is 10.5 Å². The van der Waals surface area contributed by atoms with Gasteiger partial charge in [0, 0.05) is 11.1 Å². The highest BCUT2D eigenvalue weighted by molar-refractivity contribution is 6.00. The summed E-state index contributed by atoms with van der Waals surface area (Å²) >= 11 is 0. The molecule has 0 fully saturated rings. The molecule has 8 nitrogen and oxygen atoms in total. The summed E-state index contributed by atoms with van der Waals surface area (Å²) in [5.74, 6) is 0.232. The molecule has 0 aliphatic rings. The molecular weight excluding hydrogens is 374 g/mol. The Hall–Kier alpha value is -3.16. The van der Waals surface area contributed by atoms with Crippen molar-refractivity contribution >= 4 is 24.0 Å². The van der Waals surface area contributed by atoms with Crippen molar-refractivity contribution in [3.05, 3.63) is 36.4 Å². The van der Waals surface area contributed by atoms with E-state index in [1.54, 1.807) is 39.0 Å². The van der Waals surface area contributed by atoms with Crippen LogP contribution in [0, 0.1) is 5.92 Å². The molecule has 1 aromatic carbocycles. The Kier molecular flexibility index (Phi) is 7.14. The molecule has 2 N–H and O–H groups in total. The van der Waals surface area contributed by atoms with Crippen LogP contribution in [-0.4, -0.2) is 34.9 Å². The first-order valence-electron chi connectivity index (χ1n) is 9.37. The largest absolute Gasteiger partial charge is 0.444 e. The van der Waals surface area contributed by atoms with Crippen LogP contribution in [0.1, 0.15) is 51.4 Å². The number of nitrogens with zero attached hydrogens (tertiary/aromatic N) is 1. The number of alkyl carbamates (subject to hydrolysis) is 1. The summed E-state index contributed by atoms with van der Waals surface area (Å²) in [6, 6.07) is 4.11. The van der Waals surface area contributed by atoms with E-state index in [0.717, 1.165) is 0 Å². The molecule has 156 valence electrons.